The molecule has 122 valence electrons. The van der Waals surface area contributed by atoms with Crippen LogP contribution >= 0.6 is 0 Å². The zero-order valence-corrected chi connectivity index (χ0v) is 13.6. The third kappa shape index (κ3) is 2.90. The van der Waals surface area contributed by atoms with Crippen LogP contribution in [0.15, 0.2) is 69.8 Å². The van der Waals surface area contributed by atoms with Crippen LogP contribution in [0.4, 0.5) is 0 Å². The number of dihydropyridines is 1. The van der Waals surface area contributed by atoms with Crippen molar-refractivity contribution in [2.45, 2.75) is 12.5 Å². The summed E-state index contributed by atoms with van der Waals surface area (Å²) in [5.41, 5.74) is 12.0. The second kappa shape index (κ2) is 6.25. The molecule has 0 radical (unpaired) electrons. The van der Waals surface area contributed by atoms with E-state index in [1.807, 2.05) is 36.4 Å². The number of aliphatic imine (C=N–C) groups is 2. The van der Waals surface area contributed by atoms with E-state index in [0.29, 0.717) is 18.1 Å². The Hall–Kier alpha value is -3.39. The molecule has 1 atom stereocenters. The Morgan fingerprint density at radius 1 is 1.12 bits per heavy atom. The highest BCUT2D eigenvalue weighted by Gasteiger charge is 2.24. The van der Waals surface area contributed by atoms with Crippen molar-refractivity contribution >= 4 is 12.1 Å². The van der Waals surface area contributed by atoms with E-state index in [9.17, 15) is 0 Å². The molecule has 0 spiro atoms. The minimum Gasteiger partial charge on any atom is -0.383 e. The molecule has 0 saturated heterocycles. The van der Waals surface area contributed by atoms with Crippen LogP contribution in [0.5, 0.6) is 0 Å². The molecule has 5 nitrogen and oxygen atoms in total. The van der Waals surface area contributed by atoms with Crippen molar-refractivity contribution in [3.05, 3.63) is 70.9 Å². The van der Waals surface area contributed by atoms with Gasteiger partial charge in [-0.2, -0.15) is 5.26 Å². The quantitative estimate of drug-likeness (QED) is 0.889. The molecule has 25 heavy (non-hydrogen) atoms. The van der Waals surface area contributed by atoms with Gasteiger partial charge in [-0.1, -0.05) is 30.3 Å². The van der Waals surface area contributed by atoms with Gasteiger partial charge in [0.25, 0.3) is 0 Å². The SMILES string of the molecule is N#Cc1cccc(-c2cccc(C3CC4=C(C=NCN4)C(N)=N3)c2)c1. The molecule has 0 fully saturated rings. The molecule has 2 heterocycles. The normalized spacial score (nSPS) is 18.8. The molecule has 0 aliphatic carbocycles. The first kappa shape index (κ1) is 15.2. The van der Waals surface area contributed by atoms with Crippen LogP contribution < -0.4 is 11.1 Å². The molecular weight excluding hydrogens is 310 g/mol. The number of amidine groups is 1. The van der Waals surface area contributed by atoms with E-state index in [4.69, 9.17) is 11.0 Å². The van der Waals surface area contributed by atoms with Crippen molar-refractivity contribution in [2.24, 2.45) is 15.7 Å². The van der Waals surface area contributed by atoms with Gasteiger partial charge in [0.1, 0.15) is 12.5 Å². The van der Waals surface area contributed by atoms with Gasteiger partial charge in [-0.3, -0.25) is 9.98 Å². The van der Waals surface area contributed by atoms with Gasteiger partial charge in [0, 0.05) is 18.3 Å². The summed E-state index contributed by atoms with van der Waals surface area (Å²) >= 11 is 0. The Morgan fingerprint density at radius 2 is 1.92 bits per heavy atom. The molecule has 5 heteroatoms. The standard InChI is InChI=1S/C20H17N5/c21-10-13-3-1-4-14(7-13)15-5-2-6-16(8-15)18-9-19-17(20(22)25-18)11-23-12-24-19/h1-8,11,18,24H,9,12H2,(H2,22,25). The molecule has 0 aromatic heterocycles. The molecule has 2 aromatic carbocycles. The van der Waals surface area contributed by atoms with Crippen molar-refractivity contribution < 1.29 is 0 Å². The average Bonchev–Trinajstić information content (AvgIpc) is 2.68. The lowest BCUT2D eigenvalue weighted by molar-refractivity contribution is 0.643. The number of benzene rings is 2. The number of nitrogens with one attached hydrogen (secondary N) is 1. The first-order valence-corrected chi connectivity index (χ1v) is 8.15. The zero-order chi connectivity index (χ0) is 17.2. The van der Waals surface area contributed by atoms with Crippen LogP contribution in [-0.2, 0) is 0 Å². The van der Waals surface area contributed by atoms with E-state index >= 15 is 0 Å². The smallest absolute Gasteiger partial charge is 0.129 e. The summed E-state index contributed by atoms with van der Waals surface area (Å²) in [7, 11) is 0. The molecule has 2 aliphatic rings. The second-order valence-electron chi connectivity index (χ2n) is 6.09. The average molecular weight is 327 g/mol. The van der Waals surface area contributed by atoms with E-state index in [0.717, 1.165) is 34.4 Å². The highest BCUT2D eigenvalue weighted by atomic mass is 15.1. The number of nitrogens with two attached hydrogens (primary N) is 1. The van der Waals surface area contributed by atoms with Crippen LogP contribution in [0, 0.1) is 11.3 Å². The van der Waals surface area contributed by atoms with Crippen molar-refractivity contribution in [1.29, 1.82) is 5.26 Å². The molecule has 0 bridgehead atoms. The summed E-state index contributed by atoms with van der Waals surface area (Å²) in [4.78, 5) is 8.86. The summed E-state index contributed by atoms with van der Waals surface area (Å²) in [6.07, 6.45) is 2.58. The third-order valence-electron chi connectivity index (χ3n) is 4.49. The predicted molar refractivity (Wildman–Crippen MR) is 99.1 cm³/mol. The maximum Gasteiger partial charge on any atom is 0.129 e. The fourth-order valence-corrected chi connectivity index (χ4v) is 3.22. The maximum absolute atomic E-state index is 9.10. The number of nitrogens with zero attached hydrogens (tertiary/aromatic N) is 3. The van der Waals surface area contributed by atoms with Gasteiger partial charge in [-0.05, 0) is 34.9 Å². The first-order chi connectivity index (χ1) is 12.2. The molecule has 2 aromatic rings. The molecular formula is C20H17N5. The van der Waals surface area contributed by atoms with Gasteiger partial charge in [0.05, 0.1) is 23.2 Å². The van der Waals surface area contributed by atoms with Crippen molar-refractivity contribution in [3.63, 3.8) is 0 Å². The number of hydrogen-bond acceptors (Lipinski definition) is 5. The minimum absolute atomic E-state index is 0.0168. The van der Waals surface area contributed by atoms with Gasteiger partial charge in [0.2, 0.25) is 0 Å². The molecule has 0 saturated carbocycles. The minimum atomic E-state index is -0.0168. The van der Waals surface area contributed by atoms with Crippen LogP contribution in [0.1, 0.15) is 23.6 Å². The number of rotatable bonds is 2. The summed E-state index contributed by atoms with van der Waals surface area (Å²) in [5.74, 6) is 0.527. The Bertz CT molecular complexity index is 962. The maximum atomic E-state index is 9.10. The van der Waals surface area contributed by atoms with Crippen LogP contribution in [0.2, 0.25) is 0 Å². The summed E-state index contributed by atoms with van der Waals surface area (Å²) < 4.78 is 0. The molecule has 1 unspecified atom stereocenters. The molecule has 3 N–H and O–H groups in total. The largest absolute Gasteiger partial charge is 0.383 e. The van der Waals surface area contributed by atoms with Crippen LogP contribution in [-0.4, -0.2) is 18.7 Å². The third-order valence-corrected chi connectivity index (χ3v) is 4.49. The highest BCUT2D eigenvalue weighted by molar-refractivity contribution is 6.15. The number of hydrogen-bond donors (Lipinski definition) is 2. The van der Waals surface area contributed by atoms with E-state index in [1.165, 1.54) is 0 Å². The summed E-state index contributed by atoms with van der Waals surface area (Å²) in [6, 6.07) is 18.1. The van der Waals surface area contributed by atoms with Crippen molar-refractivity contribution in [3.8, 4) is 17.2 Å². The van der Waals surface area contributed by atoms with E-state index in [1.54, 1.807) is 6.21 Å². The second-order valence-corrected chi connectivity index (χ2v) is 6.09. The van der Waals surface area contributed by atoms with Gasteiger partial charge < -0.3 is 11.1 Å². The topological polar surface area (TPSA) is 86.6 Å². The lowest BCUT2D eigenvalue weighted by Crippen LogP contribution is -2.32. The van der Waals surface area contributed by atoms with E-state index in [-0.39, 0.29) is 6.04 Å². The fraction of sp³-hybridized carbons (Fsp3) is 0.150. The molecule has 2 aliphatic heterocycles. The van der Waals surface area contributed by atoms with Crippen LogP contribution in [0.3, 0.4) is 0 Å². The van der Waals surface area contributed by atoms with Crippen LogP contribution in [0.25, 0.3) is 11.1 Å². The lowest BCUT2D eigenvalue weighted by atomic mass is 9.93. The van der Waals surface area contributed by atoms with Gasteiger partial charge in [-0.25, -0.2) is 0 Å². The van der Waals surface area contributed by atoms with Crippen molar-refractivity contribution in [1.82, 2.24) is 5.32 Å². The summed E-state index contributed by atoms with van der Waals surface area (Å²) in [5, 5.41) is 12.4. The lowest BCUT2D eigenvalue weighted by Gasteiger charge is -2.26. The van der Waals surface area contributed by atoms with E-state index < -0.39 is 0 Å². The zero-order valence-electron chi connectivity index (χ0n) is 13.6. The molecule has 0 amide bonds. The van der Waals surface area contributed by atoms with Gasteiger partial charge in [0.15, 0.2) is 0 Å². The monoisotopic (exact) mass is 327 g/mol. The Morgan fingerprint density at radius 3 is 2.76 bits per heavy atom. The Labute approximate surface area is 146 Å². The highest BCUT2D eigenvalue weighted by Crippen LogP contribution is 2.32. The van der Waals surface area contributed by atoms with Gasteiger partial charge in [-0.15, -0.1) is 0 Å². The number of nitriles is 1. The van der Waals surface area contributed by atoms with Crippen molar-refractivity contribution in [2.75, 3.05) is 6.67 Å². The van der Waals surface area contributed by atoms with Gasteiger partial charge >= 0.3 is 0 Å². The fourth-order valence-electron chi connectivity index (χ4n) is 3.22. The summed E-state index contributed by atoms with van der Waals surface area (Å²) in [6.45, 7) is 0.583. The Kier molecular flexibility index (Phi) is 3.79. The Balaban J connectivity index is 1.68. The van der Waals surface area contributed by atoms with E-state index in [2.05, 4.69) is 33.5 Å². The molecule has 4 rings (SSSR count). The first-order valence-electron chi connectivity index (χ1n) is 8.15. The predicted octanol–water partition coefficient (Wildman–Crippen LogP) is 2.91.